The summed E-state index contributed by atoms with van der Waals surface area (Å²) >= 11 is 3.43. The van der Waals surface area contributed by atoms with Crippen LogP contribution in [0.4, 0.5) is 0 Å². The quantitative estimate of drug-likeness (QED) is 0.857. The zero-order valence-corrected chi connectivity index (χ0v) is 13.5. The van der Waals surface area contributed by atoms with Gasteiger partial charge in [0, 0.05) is 16.7 Å². The van der Waals surface area contributed by atoms with E-state index in [9.17, 15) is 4.79 Å². The number of methoxy groups -OCH3 is 1. The van der Waals surface area contributed by atoms with E-state index in [1.54, 1.807) is 0 Å². The number of carbonyl (C=O) groups is 1. The Bertz CT molecular complexity index is 525. The number of carbonyl (C=O) groups excluding carboxylic acids is 1. The Kier molecular flexibility index (Phi) is 4.83. The van der Waals surface area contributed by atoms with E-state index in [1.807, 2.05) is 31.0 Å². The Morgan fingerprint density at radius 1 is 1.40 bits per heavy atom. The van der Waals surface area contributed by atoms with Crippen LogP contribution in [0, 0.1) is 0 Å². The molecule has 2 rings (SSSR count). The number of nitrogens with one attached hydrogen (secondary N) is 1. The van der Waals surface area contributed by atoms with Crippen molar-refractivity contribution in [2.75, 3.05) is 13.7 Å². The third kappa shape index (κ3) is 3.04. The van der Waals surface area contributed by atoms with Crippen LogP contribution in [0.2, 0.25) is 0 Å². The normalized spacial score (nSPS) is 18.6. The zero-order chi connectivity index (χ0) is 14.7. The Hall–Kier alpha value is -1.33. The second-order valence-electron chi connectivity index (χ2n) is 4.75. The maximum absolute atomic E-state index is 12.0. The first kappa shape index (κ1) is 15.1. The van der Waals surface area contributed by atoms with Crippen molar-refractivity contribution >= 4 is 21.9 Å². The molecule has 1 aromatic carbocycles. The first-order valence-electron chi connectivity index (χ1n) is 6.64. The number of halogens is 1. The largest absolute Gasteiger partial charge is 0.466 e. The van der Waals surface area contributed by atoms with Gasteiger partial charge in [0.05, 0.1) is 18.7 Å². The highest BCUT2D eigenvalue weighted by molar-refractivity contribution is 9.10. The minimum absolute atomic E-state index is 0.0384. The van der Waals surface area contributed by atoms with Crippen LogP contribution in [0.15, 0.2) is 40.0 Å². The van der Waals surface area contributed by atoms with E-state index in [1.165, 1.54) is 12.7 Å². The van der Waals surface area contributed by atoms with Crippen LogP contribution in [0.5, 0.6) is 0 Å². The van der Waals surface area contributed by atoms with Crippen LogP contribution in [0.25, 0.3) is 0 Å². The summed E-state index contributed by atoms with van der Waals surface area (Å²) in [6, 6.07) is 8.10. The molecule has 0 aliphatic carbocycles. The van der Waals surface area contributed by atoms with Crippen molar-refractivity contribution in [3.05, 3.63) is 45.6 Å². The molecule has 108 valence electrons. The van der Waals surface area contributed by atoms with Gasteiger partial charge in [0.1, 0.15) is 0 Å². The molecule has 0 amide bonds. The smallest absolute Gasteiger partial charge is 0.337 e. The topological polar surface area (TPSA) is 41.6 Å². The first-order chi connectivity index (χ1) is 9.56. The van der Waals surface area contributed by atoms with Crippen LogP contribution in [-0.4, -0.2) is 30.7 Å². The number of hydrogen-bond acceptors (Lipinski definition) is 4. The number of hydrazine groups is 1. The third-order valence-corrected chi connectivity index (χ3v) is 4.06. The molecule has 0 spiro atoms. The van der Waals surface area contributed by atoms with E-state index in [0.29, 0.717) is 0 Å². The van der Waals surface area contributed by atoms with Crippen LogP contribution in [0.1, 0.15) is 19.4 Å². The molecule has 1 heterocycles. The maximum Gasteiger partial charge on any atom is 0.337 e. The molecule has 0 bridgehead atoms. The molecule has 1 aliphatic rings. The highest BCUT2D eigenvalue weighted by atomic mass is 79.9. The van der Waals surface area contributed by atoms with Gasteiger partial charge in [-0.3, -0.25) is 0 Å². The van der Waals surface area contributed by atoms with Gasteiger partial charge < -0.3 is 9.75 Å². The van der Waals surface area contributed by atoms with E-state index in [2.05, 4.69) is 33.5 Å². The van der Waals surface area contributed by atoms with Gasteiger partial charge in [-0.05, 0) is 38.0 Å². The van der Waals surface area contributed by atoms with E-state index >= 15 is 0 Å². The van der Waals surface area contributed by atoms with Crippen molar-refractivity contribution in [1.82, 2.24) is 10.4 Å². The van der Waals surface area contributed by atoms with Crippen LogP contribution in [-0.2, 0) is 16.0 Å². The average Bonchev–Trinajstić information content (AvgIpc) is 2.76. The van der Waals surface area contributed by atoms with Crippen molar-refractivity contribution in [1.29, 1.82) is 0 Å². The molecule has 0 saturated carbocycles. The summed E-state index contributed by atoms with van der Waals surface area (Å²) < 4.78 is 5.97. The van der Waals surface area contributed by atoms with E-state index in [0.717, 1.165) is 28.7 Å². The highest BCUT2D eigenvalue weighted by Gasteiger charge is 2.33. The van der Waals surface area contributed by atoms with Crippen molar-refractivity contribution < 1.29 is 9.53 Å². The van der Waals surface area contributed by atoms with Gasteiger partial charge in [-0.1, -0.05) is 28.1 Å². The minimum Gasteiger partial charge on any atom is -0.466 e. The van der Waals surface area contributed by atoms with Gasteiger partial charge in [0.25, 0.3) is 0 Å². The maximum atomic E-state index is 12.0. The second kappa shape index (κ2) is 6.41. The standard InChI is InChI=1S/C15H19BrN2O2/c1-4-18-10(2)14(15(19)20-3)13(17-18)9-11-5-7-12(16)8-6-11/h5-8,13,17H,4,9H2,1-3H3. The Morgan fingerprint density at radius 3 is 2.60 bits per heavy atom. The molecule has 0 fully saturated rings. The SMILES string of the molecule is CCN1NC(Cc2ccc(Br)cc2)C(C(=O)OC)=C1C. The average molecular weight is 339 g/mol. The molecule has 0 radical (unpaired) electrons. The lowest BCUT2D eigenvalue weighted by Crippen LogP contribution is -2.39. The lowest BCUT2D eigenvalue weighted by Gasteiger charge is -2.20. The number of hydrogen-bond donors (Lipinski definition) is 1. The zero-order valence-electron chi connectivity index (χ0n) is 11.9. The van der Waals surface area contributed by atoms with Crippen molar-refractivity contribution in [3.63, 3.8) is 0 Å². The molecular weight excluding hydrogens is 320 g/mol. The number of ether oxygens (including phenoxy) is 1. The molecule has 4 nitrogen and oxygen atoms in total. The minimum atomic E-state index is -0.256. The summed E-state index contributed by atoms with van der Waals surface area (Å²) in [6.07, 6.45) is 0.756. The fourth-order valence-corrected chi connectivity index (χ4v) is 2.74. The van der Waals surface area contributed by atoms with Gasteiger partial charge in [-0.25, -0.2) is 10.2 Å². The highest BCUT2D eigenvalue weighted by Crippen LogP contribution is 2.24. The van der Waals surface area contributed by atoms with Crippen molar-refractivity contribution in [3.8, 4) is 0 Å². The van der Waals surface area contributed by atoms with Gasteiger partial charge in [0.2, 0.25) is 0 Å². The van der Waals surface area contributed by atoms with Crippen molar-refractivity contribution in [2.24, 2.45) is 0 Å². The summed E-state index contributed by atoms with van der Waals surface area (Å²) in [5.41, 5.74) is 6.21. The van der Waals surface area contributed by atoms with Crippen LogP contribution in [0.3, 0.4) is 0 Å². The van der Waals surface area contributed by atoms with Crippen molar-refractivity contribution in [2.45, 2.75) is 26.3 Å². The number of benzene rings is 1. The van der Waals surface area contributed by atoms with Crippen LogP contribution >= 0.6 is 15.9 Å². The molecule has 1 atom stereocenters. The molecule has 1 N–H and O–H groups in total. The molecule has 1 aromatic rings. The van der Waals surface area contributed by atoms with Gasteiger partial charge in [-0.2, -0.15) is 0 Å². The Morgan fingerprint density at radius 2 is 2.05 bits per heavy atom. The van der Waals surface area contributed by atoms with Gasteiger partial charge >= 0.3 is 5.97 Å². The first-order valence-corrected chi connectivity index (χ1v) is 7.43. The monoisotopic (exact) mass is 338 g/mol. The molecular formula is C15H19BrN2O2. The van der Waals surface area contributed by atoms with Gasteiger partial charge in [-0.15, -0.1) is 0 Å². The second-order valence-corrected chi connectivity index (χ2v) is 5.66. The summed E-state index contributed by atoms with van der Waals surface area (Å²) in [4.78, 5) is 12.0. The summed E-state index contributed by atoms with van der Waals surface area (Å²) in [7, 11) is 1.42. The van der Waals surface area contributed by atoms with E-state index < -0.39 is 0 Å². The molecule has 0 aromatic heterocycles. The Balaban J connectivity index is 2.22. The number of esters is 1. The lowest BCUT2D eigenvalue weighted by atomic mass is 9.99. The summed E-state index contributed by atoms with van der Waals surface area (Å²) in [5.74, 6) is -0.256. The number of allylic oxidation sites excluding steroid dienone is 1. The predicted molar refractivity (Wildman–Crippen MR) is 81.9 cm³/mol. The molecule has 1 aliphatic heterocycles. The van der Waals surface area contributed by atoms with E-state index in [4.69, 9.17) is 4.74 Å². The lowest BCUT2D eigenvalue weighted by molar-refractivity contribution is -0.136. The predicted octanol–water partition coefficient (Wildman–Crippen LogP) is 2.65. The summed E-state index contributed by atoms with van der Waals surface area (Å²) in [5, 5.41) is 2.00. The number of rotatable bonds is 4. The molecule has 20 heavy (non-hydrogen) atoms. The Labute approximate surface area is 127 Å². The van der Waals surface area contributed by atoms with Gasteiger partial charge in [0.15, 0.2) is 0 Å². The van der Waals surface area contributed by atoms with Crippen LogP contribution < -0.4 is 5.43 Å². The summed E-state index contributed by atoms with van der Waals surface area (Å²) in [6.45, 7) is 4.81. The number of nitrogens with zero attached hydrogens (tertiary/aromatic N) is 1. The van der Waals surface area contributed by atoms with E-state index in [-0.39, 0.29) is 12.0 Å². The third-order valence-electron chi connectivity index (χ3n) is 3.53. The fraction of sp³-hybridized carbons (Fsp3) is 0.400. The molecule has 0 saturated heterocycles. The molecule has 5 heteroatoms. The molecule has 1 unspecified atom stereocenters. The fourth-order valence-electron chi connectivity index (χ4n) is 2.48.